The maximum Gasteiger partial charge on any atom is 0.226 e. The Morgan fingerprint density at radius 1 is 1.35 bits per heavy atom. The molecule has 0 spiro atoms. The third-order valence-corrected chi connectivity index (χ3v) is 5.12. The van der Waals surface area contributed by atoms with Crippen LogP contribution in [0.15, 0.2) is 48.0 Å². The fourth-order valence-electron chi connectivity index (χ4n) is 2.96. The zero-order valence-corrected chi connectivity index (χ0v) is 13.8. The van der Waals surface area contributed by atoms with E-state index >= 15 is 0 Å². The number of nitrogens with zero attached hydrogens (tertiary/aromatic N) is 2. The Bertz CT molecular complexity index is 857. The Hall–Kier alpha value is -2.11. The topological polar surface area (TPSA) is 46.9 Å². The molecule has 1 amide bonds. The maximum absolute atomic E-state index is 12.2. The molecule has 1 aromatic carbocycles. The fourth-order valence-corrected chi connectivity index (χ4v) is 3.85. The summed E-state index contributed by atoms with van der Waals surface area (Å²) in [4.78, 5) is 13.4. The summed E-state index contributed by atoms with van der Waals surface area (Å²) in [6.45, 7) is 0.662. The van der Waals surface area contributed by atoms with Crippen molar-refractivity contribution >= 4 is 34.7 Å². The zero-order chi connectivity index (χ0) is 15.8. The summed E-state index contributed by atoms with van der Waals surface area (Å²) in [5.41, 5.74) is 2.09. The van der Waals surface area contributed by atoms with E-state index in [1.807, 2.05) is 46.6 Å². The first kappa shape index (κ1) is 14.5. The Labute approximate surface area is 142 Å². The van der Waals surface area contributed by atoms with Gasteiger partial charge in [0, 0.05) is 27.8 Å². The van der Waals surface area contributed by atoms with Crippen molar-refractivity contribution in [2.24, 2.45) is 0 Å². The summed E-state index contributed by atoms with van der Waals surface area (Å²) < 4.78 is 1.86. The molecule has 23 heavy (non-hydrogen) atoms. The molecular weight excluding hydrogens is 330 g/mol. The first-order valence-corrected chi connectivity index (χ1v) is 8.60. The Morgan fingerprint density at radius 3 is 3.04 bits per heavy atom. The van der Waals surface area contributed by atoms with Gasteiger partial charge in [0.1, 0.15) is 5.82 Å². The predicted octanol–water partition coefficient (Wildman–Crippen LogP) is 4.12. The van der Waals surface area contributed by atoms with E-state index in [0.29, 0.717) is 18.0 Å². The highest BCUT2D eigenvalue weighted by atomic mass is 35.5. The molecule has 1 aliphatic heterocycles. The third kappa shape index (κ3) is 2.78. The molecule has 1 N–H and O–H groups in total. The highest BCUT2D eigenvalue weighted by Gasteiger charge is 2.30. The molecular formula is C17H14ClN3OS. The van der Waals surface area contributed by atoms with E-state index in [1.165, 1.54) is 4.88 Å². The molecule has 3 aromatic rings. The minimum atomic E-state index is -0.00506. The molecule has 2 aromatic heterocycles. The van der Waals surface area contributed by atoms with Gasteiger partial charge in [-0.2, -0.15) is 5.10 Å². The second-order valence-electron chi connectivity index (χ2n) is 5.55. The van der Waals surface area contributed by atoms with Crippen molar-refractivity contribution in [3.63, 3.8) is 0 Å². The molecule has 0 saturated heterocycles. The van der Waals surface area contributed by atoms with E-state index in [9.17, 15) is 4.79 Å². The summed E-state index contributed by atoms with van der Waals surface area (Å²) in [7, 11) is 0. The summed E-state index contributed by atoms with van der Waals surface area (Å²) in [6, 6.07) is 11.8. The van der Waals surface area contributed by atoms with E-state index in [4.69, 9.17) is 11.6 Å². The summed E-state index contributed by atoms with van der Waals surface area (Å²) >= 11 is 7.79. The van der Waals surface area contributed by atoms with Crippen molar-refractivity contribution in [1.82, 2.24) is 9.78 Å². The van der Waals surface area contributed by atoms with Gasteiger partial charge in [-0.3, -0.25) is 4.79 Å². The maximum atomic E-state index is 12.2. The lowest BCUT2D eigenvalue weighted by Crippen LogP contribution is -2.25. The van der Waals surface area contributed by atoms with Crippen LogP contribution in [0.3, 0.4) is 0 Å². The van der Waals surface area contributed by atoms with Crippen molar-refractivity contribution in [3.05, 3.63) is 69.0 Å². The second-order valence-corrected chi connectivity index (χ2v) is 7.01. The lowest BCUT2D eigenvalue weighted by Gasteiger charge is -2.23. The van der Waals surface area contributed by atoms with Gasteiger partial charge in [-0.15, -0.1) is 11.3 Å². The molecule has 0 unspecified atom stereocenters. The van der Waals surface area contributed by atoms with Gasteiger partial charge in [-0.25, -0.2) is 4.68 Å². The van der Waals surface area contributed by atoms with Crippen LogP contribution >= 0.6 is 22.9 Å². The fraction of sp³-hybridized carbons (Fsp3) is 0.176. The average molecular weight is 344 g/mol. The summed E-state index contributed by atoms with van der Waals surface area (Å²) in [6.07, 6.45) is 2.27. The number of aromatic nitrogens is 2. The van der Waals surface area contributed by atoms with E-state index in [-0.39, 0.29) is 11.8 Å². The smallest absolute Gasteiger partial charge is 0.226 e. The molecule has 1 aliphatic rings. The minimum Gasteiger partial charge on any atom is -0.311 e. The molecule has 6 heteroatoms. The van der Waals surface area contributed by atoms with Gasteiger partial charge in [-0.1, -0.05) is 29.8 Å². The number of benzene rings is 1. The van der Waals surface area contributed by atoms with Gasteiger partial charge < -0.3 is 5.32 Å². The molecule has 0 radical (unpaired) electrons. The van der Waals surface area contributed by atoms with Crippen LogP contribution in [0, 0.1) is 0 Å². The standard InChI is InChI=1S/C17H14ClN3OS/c18-12-4-1-3-11(7-12)14-8-16(22)20-17-15(14)9-19-21(17)10-13-5-2-6-23-13/h1-7,9,14H,8,10H2,(H,20,22)/t14-/m1/s1. The molecule has 116 valence electrons. The van der Waals surface area contributed by atoms with Gasteiger partial charge in [-0.05, 0) is 29.1 Å². The lowest BCUT2D eigenvalue weighted by atomic mass is 9.87. The first-order valence-electron chi connectivity index (χ1n) is 7.34. The number of hydrogen-bond acceptors (Lipinski definition) is 3. The monoisotopic (exact) mass is 343 g/mol. The Kier molecular flexibility index (Phi) is 3.67. The molecule has 4 rings (SSSR count). The molecule has 0 fully saturated rings. The molecule has 0 aliphatic carbocycles. The quantitative estimate of drug-likeness (QED) is 0.777. The van der Waals surface area contributed by atoms with E-state index in [1.54, 1.807) is 11.3 Å². The predicted molar refractivity (Wildman–Crippen MR) is 92.2 cm³/mol. The third-order valence-electron chi connectivity index (χ3n) is 4.03. The van der Waals surface area contributed by atoms with Crippen LogP contribution in [0.5, 0.6) is 0 Å². The van der Waals surface area contributed by atoms with Crippen LogP contribution in [0.25, 0.3) is 0 Å². The normalized spacial score (nSPS) is 16.9. The first-order chi connectivity index (χ1) is 11.2. The number of rotatable bonds is 3. The highest BCUT2D eigenvalue weighted by Crippen LogP contribution is 2.37. The molecule has 1 atom stereocenters. The number of halogens is 1. The van der Waals surface area contributed by atoms with Crippen molar-refractivity contribution in [3.8, 4) is 0 Å². The van der Waals surface area contributed by atoms with Crippen LogP contribution in [-0.2, 0) is 11.3 Å². The highest BCUT2D eigenvalue weighted by molar-refractivity contribution is 7.09. The number of thiophene rings is 1. The van der Waals surface area contributed by atoms with E-state index in [2.05, 4.69) is 16.5 Å². The van der Waals surface area contributed by atoms with Crippen LogP contribution in [0.1, 0.15) is 28.3 Å². The molecule has 0 saturated carbocycles. The van der Waals surface area contributed by atoms with Gasteiger partial charge >= 0.3 is 0 Å². The second kappa shape index (κ2) is 5.83. The lowest BCUT2D eigenvalue weighted by molar-refractivity contribution is -0.116. The number of carbonyl (C=O) groups is 1. The van der Waals surface area contributed by atoms with Gasteiger partial charge in [0.2, 0.25) is 5.91 Å². The minimum absolute atomic E-state index is 0.00506. The Balaban J connectivity index is 1.73. The SMILES string of the molecule is O=C1C[C@H](c2cccc(Cl)c2)c2cnn(Cc3cccs3)c2N1. The number of hydrogen-bond donors (Lipinski definition) is 1. The van der Waals surface area contributed by atoms with E-state index in [0.717, 1.165) is 16.9 Å². The number of carbonyl (C=O) groups excluding carboxylic acids is 1. The van der Waals surface area contributed by atoms with Crippen LogP contribution < -0.4 is 5.32 Å². The van der Waals surface area contributed by atoms with Crippen LogP contribution in [0.4, 0.5) is 5.82 Å². The van der Waals surface area contributed by atoms with Crippen molar-refractivity contribution in [2.75, 3.05) is 5.32 Å². The van der Waals surface area contributed by atoms with Gasteiger partial charge in [0.15, 0.2) is 0 Å². The summed E-state index contributed by atoms with van der Waals surface area (Å²) in [5.74, 6) is 0.796. The Morgan fingerprint density at radius 2 is 2.26 bits per heavy atom. The van der Waals surface area contributed by atoms with Crippen molar-refractivity contribution < 1.29 is 4.79 Å². The number of nitrogens with one attached hydrogen (secondary N) is 1. The van der Waals surface area contributed by atoms with E-state index < -0.39 is 0 Å². The molecule has 4 nitrogen and oxygen atoms in total. The van der Waals surface area contributed by atoms with Crippen LogP contribution in [0.2, 0.25) is 5.02 Å². The van der Waals surface area contributed by atoms with Crippen LogP contribution in [-0.4, -0.2) is 15.7 Å². The van der Waals surface area contributed by atoms with Crippen molar-refractivity contribution in [2.45, 2.75) is 18.9 Å². The zero-order valence-electron chi connectivity index (χ0n) is 12.2. The van der Waals surface area contributed by atoms with Crippen molar-refractivity contribution in [1.29, 1.82) is 0 Å². The number of fused-ring (bicyclic) bond motifs is 1. The molecule has 0 bridgehead atoms. The van der Waals surface area contributed by atoms with Gasteiger partial charge in [0.05, 0.1) is 12.7 Å². The average Bonchev–Trinajstić information content (AvgIpc) is 3.18. The largest absolute Gasteiger partial charge is 0.311 e. The summed E-state index contributed by atoms with van der Waals surface area (Å²) in [5, 5.41) is 10.2. The van der Waals surface area contributed by atoms with Gasteiger partial charge in [0.25, 0.3) is 0 Å². The number of amides is 1. The molecule has 3 heterocycles. The number of anilines is 1.